The van der Waals surface area contributed by atoms with Crippen LogP contribution in [0.25, 0.3) is 4.85 Å². The van der Waals surface area contributed by atoms with Gasteiger partial charge in [-0.3, -0.25) is 14.5 Å². The van der Waals surface area contributed by atoms with Crippen LogP contribution in [0.3, 0.4) is 0 Å². The average Bonchev–Trinajstić information content (AvgIpc) is 3.46. The van der Waals surface area contributed by atoms with E-state index >= 15 is 0 Å². The number of urea groups is 1. The normalized spacial score (nSPS) is 33.4. The molecule has 4 aliphatic rings. The number of nitrogens with zero attached hydrogens (tertiary/aromatic N) is 4. The van der Waals surface area contributed by atoms with Crippen LogP contribution in [0, 0.1) is 29.7 Å². The molecule has 2 aliphatic carbocycles. The average molecular weight is 429 g/mol. The Balaban J connectivity index is 1.41. The molecule has 3 amide bonds. The second-order valence-electron chi connectivity index (χ2n) is 11.1. The highest BCUT2D eigenvalue weighted by atomic mass is 16.2. The number of carbonyl (C=O) groups is 2. The molecule has 0 aromatic rings. The van der Waals surface area contributed by atoms with Crippen LogP contribution in [-0.2, 0) is 4.79 Å². The molecule has 31 heavy (non-hydrogen) atoms. The number of amides is 3. The summed E-state index contributed by atoms with van der Waals surface area (Å²) in [4.78, 5) is 34.7. The fraction of sp³-hybridized carbons (Fsp3) is 0.880. The van der Waals surface area contributed by atoms with Crippen LogP contribution in [0.4, 0.5) is 4.79 Å². The maximum atomic E-state index is 13.0. The highest BCUT2D eigenvalue weighted by molar-refractivity contribution is 5.77. The Morgan fingerprint density at radius 3 is 2.32 bits per heavy atom. The molecule has 0 spiro atoms. The van der Waals surface area contributed by atoms with Crippen molar-refractivity contribution in [3.05, 3.63) is 11.4 Å². The third-order valence-corrected chi connectivity index (χ3v) is 8.63. The van der Waals surface area contributed by atoms with Gasteiger partial charge in [-0.2, -0.15) is 0 Å². The largest absolute Gasteiger partial charge is 0.331 e. The lowest BCUT2D eigenvalue weighted by molar-refractivity contribution is -0.132. The van der Waals surface area contributed by atoms with E-state index in [1.165, 1.54) is 51.4 Å². The zero-order chi connectivity index (χ0) is 22.0. The Morgan fingerprint density at radius 1 is 1.03 bits per heavy atom. The van der Waals surface area contributed by atoms with E-state index in [-0.39, 0.29) is 23.5 Å². The number of hydrogen-bond donors (Lipinski definition) is 0. The van der Waals surface area contributed by atoms with Crippen LogP contribution < -0.4 is 0 Å². The van der Waals surface area contributed by atoms with Crippen molar-refractivity contribution in [2.75, 3.05) is 33.7 Å². The van der Waals surface area contributed by atoms with Crippen molar-refractivity contribution >= 4 is 11.9 Å². The van der Waals surface area contributed by atoms with Crippen LogP contribution in [0.15, 0.2) is 0 Å². The van der Waals surface area contributed by atoms with Crippen molar-refractivity contribution in [3.8, 4) is 0 Å². The Morgan fingerprint density at radius 2 is 1.71 bits per heavy atom. The smallest absolute Gasteiger partial charge is 0.319 e. The first-order valence-corrected chi connectivity index (χ1v) is 12.5. The maximum absolute atomic E-state index is 13.0. The molecule has 4 rings (SSSR count). The summed E-state index contributed by atoms with van der Waals surface area (Å²) in [7, 11) is 3.67. The molecule has 0 bridgehead atoms. The number of fused-ring (bicyclic) bond motifs is 1. The third-order valence-electron chi connectivity index (χ3n) is 8.63. The van der Waals surface area contributed by atoms with Crippen molar-refractivity contribution in [2.45, 2.75) is 83.2 Å². The molecule has 2 aliphatic heterocycles. The lowest BCUT2D eigenvalue weighted by atomic mass is 9.70. The highest BCUT2D eigenvalue weighted by Crippen LogP contribution is 2.55. The fourth-order valence-electron chi connectivity index (χ4n) is 7.20. The third kappa shape index (κ3) is 4.86. The molecule has 172 valence electrons. The second kappa shape index (κ2) is 9.38. The van der Waals surface area contributed by atoms with Crippen molar-refractivity contribution in [1.29, 1.82) is 0 Å². The summed E-state index contributed by atoms with van der Waals surface area (Å²) in [5.41, 5.74) is 0.258. The number of rotatable bonds is 5. The SMILES string of the molecule is [C-]#[N+][C@@H]1CCCN1C(=O)CCC1(CC2CCCCC2)C[C@H]2CN(C(=O)N(C)C)C[C@H]2C1. The van der Waals surface area contributed by atoms with E-state index < -0.39 is 0 Å². The summed E-state index contributed by atoms with van der Waals surface area (Å²) in [6, 6.07) is 0.140. The quantitative estimate of drug-likeness (QED) is 0.600. The van der Waals surface area contributed by atoms with Crippen molar-refractivity contribution < 1.29 is 9.59 Å². The minimum absolute atomic E-state index is 0.140. The number of likely N-dealkylation sites (tertiary alicyclic amines) is 2. The fourth-order valence-corrected chi connectivity index (χ4v) is 7.20. The molecule has 6 heteroatoms. The standard InChI is InChI=1S/C25H40N4O2/c1-26-22-10-7-13-29(22)23(30)11-12-25(14-19-8-5-4-6-9-19)15-20-17-28(18-21(20)16-25)24(31)27(2)3/h19-22H,4-18H2,2-3H3/t20-,21+,22-,25?/m0/s1. The van der Waals surface area contributed by atoms with Gasteiger partial charge in [0.25, 0.3) is 0 Å². The predicted molar refractivity (Wildman–Crippen MR) is 121 cm³/mol. The Hall–Kier alpha value is -1.77. The molecule has 0 aromatic heterocycles. The summed E-state index contributed by atoms with van der Waals surface area (Å²) in [5, 5.41) is 0. The van der Waals surface area contributed by atoms with Crippen molar-refractivity contribution in [1.82, 2.24) is 14.7 Å². The summed E-state index contributed by atoms with van der Waals surface area (Å²) >= 11 is 0. The van der Waals surface area contributed by atoms with E-state index in [2.05, 4.69) is 4.85 Å². The Bertz CT molecular complexity index is 695. The maximum Gasteiger partial charge on any atom is 0.319 e. The summed E-state index contributed by atoms with van der Waals surface area (Å²) in [6.07, 6.45) is 13.5. The van der Waals surface area contributed by atoms with Crippen molar-refractivity contribution in [3.63, 3.8) is 0 Å². The van der Waals surface area contributed by atoms with Crippen molar-refractivity contribution in [2.24, 2.45) is 23.2 Å². The van der Waals surface area contributed by atoms with Crippen LogP contribution in [-0.4, -0.2) is 66.5 Å². The number of carbonyl (C=O) groups excluding carboxylic acids is 2. The summed E-state index contributed by atoms with van der Waals surface area (Å²) in [6.45, 7) is 9.92. The van der Waals surface area contributed by atoms with Crippen LogP contribution >= 0.6 is 0 Å². The molecule has 0 radical (unpaired) electrons. The van der Waals surface area contributed by atoms with E-state index in [0.29, 0.717) is 18.3 Å². The van der Waals surface area contributed by atoms with E-state index in [9.17, 15) is 9.59 Å². The van der Waals surface area contributed by atoms with Gasteiger partial charge in [0.1, 0.15) is 0 Å². The van der Waals surface area contributed by atoms with E-state index in [1.54, 1.807) is 4.90 Å². The van der Waals surface area contributed by atoms with Gasteiger partial charge >= 0.3 is 12.2 Å². The van der Waals surface area contributed by atoms with Gasteiger partial charge in [-0.25, -0.2) is 11.4 Å². The zero-order valence-corrected chi connectivity index (χ0v) is 19.5. The molecule has 4 atom stereocenters. The molecule has 1 unspecified atom stereocenters. The van der Waals surface area contributed by atoms with Gasteiger partial charge in [-0.05, 0) is 55.3 Å². The van der Waals surface area contributed by atoms with E-state index in [0.717, 1.165) is 44.8 Å². The first-order chi connectivity index (χ1) is 14.9. The van der Waals surface area contributed by atoms with Gasteiger partial charge in [0.15, 0.2) is 0 Å². The first kappa shape index (κ1) is 22.4. The monoisotopic (exact) mass is 428 g/mol. The topological polar surface area (TPSA) is 48.2 Å². The molecule has 0 N–H and O–H groups in total. The van der Waals surface area contributed by atoms with E-state index in [4.69, 9.17) is 6.57 Å². The second-order valence-corrected chi connectivity index (χ2v) is 11.1. The van der Waals surface area contributed by atoms with Gasteiger partial charge in [0, 0.05) is 46.6 Å². The minimum Gasteiger partial charge on any atom is -0.331 e. The molecular formula is C25H40N4O2. The van der Waals surface area contributed by atoms with Crippen LogP contribution in [0.5, 0.6) is 0 Å². The molecule has 6 nitrogen and oxygen atoms in total. The van der Waals surface area contributed by atoms with Gasteiger partial charge in [0.2, 0.25) is 5.91 Å². The van der Waals surface area contributed by atoms with Crippen LogP contribution in [0.1, 0.15) is 77.0 Å². The molecule has 2 saturated heterocycles. The van der Waals surface area contributed by atoms with Gasteiger partial charge in [-0.15, -0.1) is 0 Å². The molecule has 2 heterocycles. The summed E-state index contributed by atoms with van der Waals surface area (Å²) in [5.74, 6) is 2.18. The van der Waals surface area contributed by atoms with Gasteiger partial charge < -0.3 is 9.80 Å². The Kier molecular flexibility index (Phi) is 6.79. The molecule has 0 aromatic carbocycles. The molecule has 2 saturated carbocycles. The molecule has 4 fully saturated rings. The molecular weight excluding hydrogens is 388 g/mol. The zero-order valence-electron chi connectivity index (χ0n) is 19.5. The van der Waals surface area contributed by atoms with Gasteiger partial charge in [-0.1, -0.05) is 32.1 Å². The highest BCUT2D eigenvalue weighted by Gasteiger charge is 2.50. The Labute approximate surface area is 188 Å². The predicted octanol–water partition coefficient (Wildman–Crippen LogP) is 4.61. The number of hydrogen-bond acceptors (Lipinski definition) is 2. The lowest BCUT2D eigenvalue weighted by Crippen LogP contribution is -2.39. The van der Waals surface area contributed by atoms with Gasteiger partial charge in [0.05, 0.1) is 0 Å². The minimum atomic E-state index is -0.227. The first-order valence-electron chi connectivity index (χ1n) is 12.5. The summed E-state index contributed by atoms with van der Waals surface area (Å²) < 4.78 is 0. The van der Waals surface area contributed by atoms with E-state index in [1.807, 2.05) is 23.9 Å². The van der Waals surface area contributed by atoms with Crippen LogP contribution in [0.2, 0.25) is 0 Å². The lowest BCUT2D eigenvalue weighted by Gasteiger charge is -2.37.